The van der Waals surface area contributed by atoms with Gasteiger partial charge in [0.25, 0.3) is 27.3 Å². The van der Waals surface area contributed by atoms with E-state index in [1.54, 1.807) is 0 Å². The molecule has 0 spiro atoms. The third-order valence-corrected chi connectivity index (χ3v) is 7.04. The average molecular weight is 527 g/mol. The lowest BCUT2D eigenvalue weighted by Gasteiger charge is -2.12. The van der Waals surface area contributed by atoms with Crippen molar-refractivity contribution in [3.8, 4) is 10.6 Å². The van der Waals surface area contributed by atoms with Crippen LogP contribution in [0.4, 0.5) is 22.2 Å². The molecular formula is C21H14N6O7S2. The lowest BCUT2D eigenvalue weighted by atomic mass is 10.2. The molecule has 4 rings (SSSR count). The molecule has 2 N–H and O–H groups in total. The molecular weight excluding hydrogens is 512 g/mol. The van der Waals surface area contributed by atoms with Crippen LogP contribution in [0.15, 0.2) is 77.7 Å². The number of nitrogens with zero attached hydrogens (tertiary/aromatic N) is 4. The number of aromatic nitrogens is 2. The minimum Gasteiger partial charge on any atom is -0.296 e. The molecule has 0 atom stereocenters. The predicted octanol–water partition coefficient (Wildman–Crippen LogP) is 4.07. The molecule has 0 saturated heterocycles. The number of anilines is 2. The monoisotopic (exact) mass is 526 g/mol. The van der Waals surface area contributed by atoms with E-state index in [9.17, 15) is 33.4 Å². The first-order valence-electron chi connectivity index (χ1n) is 9.90. The number of amides is 1. The Morgan fingerprint density at radius 3 is 2.22 bits per heavy atom. The van der Waals surface area contributed by atoms with Crippen molar-refractivity contribution < 1.29 is 23.1 Å². The number of nitro benzene ring substituents is 2. The zero-order valence-corrected chi connectivity index (χ0v) is 19.5. The largest absolute Gasteiger partial charge is 0.296 e. The fourth-order valence-electron chi connectivity index (χ4n) is 3.09. The van der Waals surface area contributed by atoms with Crippen molar-refractivity contribution in [3.05, 3.63) is 98.6 Å². The lowest BCUT2D eigenvalue weighted by molar-refractivity contribution is -0.387. The molecule has 0 radical (unpaired) electrons. The summed E-state index contributed by atoms with van der Waals surface area (Å²) >= 11 is 1.01. The molecule has 0 fully saturated rings. The van der Waals surface area contributed by atoms with E-state index in [0.29, 0.717) is 10.6 Å². The van der Waals surface area contributed by atoms with Crippen LogP contribution < -0.4 is 10.0 Å². The van der Waals surface area contributed by atoms with Crippen LogP contribution in [0.25, 0.3) is 10.6 Å². The molecule has 3 aromatic carbocycles. The smallest absolute Gasteiger partial charge is 0.289 e. The van der Waals surface area contributed by atoms with E-state index in [2.05, 4.69) is 20.2 Å². The number of carbonyl (C=O) groups is 1. The molecule has 4 aromatic rings. The van der Waals surface area contributed by atoms with Crippen LogP contribution in [-0.2, 0) is 10.0 Å². The molecule has 0 aliphatic carbocycles. The number of hydrogen-bond donors (Lipinski definition) is 2. The molecule has 0 aliphatic rings. The molecule has 13 nitrogen and oxygen atoms in total. The number of sulfonamides is 1. The third-order valence-electron chi connectivity index (χ3n) is 4.74. The summed E-state index contributed by atoms with van der Waals surface area (Å²) in [6, 6.07) is 16.2. The van der Waals surface area contributed by atoms with Gasteiger partial charge in [0.1, 0.15) is 5.01 Å². The summed E-state index contributed by atoms with van der Waals surface area (Å²) in [6.45, 7) is 0. The molecule has 0 aliphatic heterocycles. The third kappa shape index (κ3) is 5.16. The Kier molecular flexibility index (Phi) is 6.67. The maximum Gasteiger partial charge on any atom is 0.289 e. The number of nitro groups is 2. The molecule has 15 heteroatoms. The van der Waals surface area contributed by atoms with Crippen molar-refractivity contribution in [1.29, 1.82) is 0 Å². The Bertz CT molecular complexity index is 1590. The summed E-state index contributed by atoms with van der Waals surface area (Å²) in [5.41, 5.74) is -0.313. The highest BCUT2D eigenvalue weighted by atomic mass is 32.2. The number of rotatable bonds is 8. The maximum atomic E-state index is 12.9. The highest BCUT2D eigenvalue weighted by Crippen LogP contribution is 2.30. The zero-order chi connectivity index (χ0) is 25.9. The molecule has 182 valence electrons. The zero-order valence-electron chi connectivity index (χ0n) is 17.9. The van der Waals surface area contributed by atoms with Gasteiger partial charge in [-0.1, -0.05) is 35.6 Å². The molecule has 0 unspecified atom stereocenters. The van der Waals surface area contributed by atoms with Gasteiger partial charge in [0.2, 0.25) is 5.13 Å². The van der Waals surface area contributed by atoms with E-state index in [0.717, 1.165) is 23.5 Å². The second-order valence-electron chi connectivity index (χ2n) is 7.05. The van der Waals surface area contributed by atoms with E-state index in [1.165, 1.54) is 60.7 Å². The van der Waals surface area contributed by atoms with Crippen LogP contribution in [0, 0.1) is 20.2 Å². The van der Waals surface area contributed by atoms with Crippen LogP contribution in [0.2, 0.25) is 0 Å². The fourth-order valence-corrected chi connectivity index (χ4v) is 5.08. The minimum atomic E-state index is -4.40. The quantitative estimate of drug-likeness (QED) is 0.252. The first kappa shape index (κ1) is 24.4. The normalized spacial score (nSPS) is 11.0. The Labute approximate surface area is 206 Å². The van der Waals surface area contributed by atoms with E-state index in [1.807, 2.05) is 0 Å². The first-order valence-corrected chi connectivity index (χ1v) is 12.2. The summed E-state index contributed by atoms with van der Waals surface area (Å²) in [6.07, 6.45) is 0. The molecule has 1 amide bonds. The summed E-state index contributed by atoms with van der Waals surface area (Å²) < 4.78 is 28.0. The van der Waals surface area contributed by atoms with Gasteiger partial charge in [-0.15, -0.1) is 10.2 Å². The van der Waals surface area contributed by atoms with Crippen molar-refractivity contribution in [3.63, 3.8) is 0 Å². The van der Waals surface area contributed by atoms with Gasteiger partial charge in [-0.3, -0.25) is 35.1 Å². The first-order chi connectivity index (χ1) is 17.2. The van der Waals surface area contributed by atoms with Crippen molar-refractivity contribution in [2.75, 3.05) is 10.0 Å². The number of hydrogen-bond acceptors (Lipinski definition) is 10. The van der Waals surface area contributed by atoms with E-state index in [4.69, 9.17) is 0 Å². The second-order valence-corrected chi connectivity index (χ2v) is 9.67. The number of benzene rings is 3. The van der Waals surface area contributed by atoms with Gasteiger partial charge in [0.15, 0.2) is 4.90 Å². The maximum absolute atomic E-state index is 12.9. The van der Waals surface area contributed by atoms with E-state index in [-0.39, 0.29) is 22.1 Å². The average Bonchev–Trinajstić information content (AvgIpc) is 3.32. The van der Waals surface area contributed by atoms with Gasteiger partial charge in [-0.25, -0.2) is 8.42 Å². The Morgan fingerprint density at radius 1 is 0.861 bits per heavy atom. The SMILES string of the molecule is O=C(Nc1nnc(-c2ccc([N+](=O)[O-])cc2)s1)c1ccccc1NS(=O)(=O)c1ccccc1[N+](=O)[O-]. The Morgan fingerprint density at radius 2 is 1.53 bits per heavy atom. The van der Waals surface area contributed by atoms with Gasteiger partial charge in [0.05, 0.1) is 21.1 Å². The Hall–Kier alpha value is -4.76. The standard InChI is InChI=1S/C21H14N6O7S2/c28-19(22-21-24-23-20(35-21)13-9-11-14(12-10-13)26(29)30)15-5-1-2-6-16(15)25-36(33,34)18-8-4-3-7-17(18)27(31)32/h1-12,25H,(H,22,24,28). The highest BCUT2D eigenvalue weighted by Gasteiger charge is 2.26. The van der Waals surface area contributed by atoms with E-state index < -0.39 is 36.4 Å². The number of carbonyl (C=O) groups excluding carboxylic acids is 1. The second kappa shape index (κ2) is 9.85. The summed E-state index contributed by atoms with van der Waals surface area (Å²) in [7, 11) is -4.40. The van der Waals surface area contributed by atoms with Crippen molar-refractivity contribution in [2.45, 2.75) is 4.90 Å². The van der Waals surface area contributed by atoms with Gasteiger partial charge in [0, 0.05) is 23.8 Å². The molecule has 0 saturated carbocycles. The van der Waals surface area contributed by atoms with Crippen molar-refractivity contribution in [1.82, 2.24) is 10.2 Å². The fraction of sp³-hybridized carbons (Fsp3) is 0. The van der Waals surface area contributed by atoms with E-state index >= 15 is 0 Å². The number of non-ortho nitro benzene ring substituents is 1. The summed E-state index contributed by atoms with van der Waals surface area (Å²) in [4.78, 5) is 33.1. The minimum absolute atomic E-state index is 0.0632. The van der Waals surface area contributed by atoms with Crippen molar-refractivity contribution >= 4 is 49.5 Å². The molecule has 0 bridgehead atoms. The van der Waals surface area contributed by atoms with Gasteiger partial charge in [-0.2, -0.15) is 0 Å². The molecule has 36 heavy (non-hydrogen) atoms. The van der Waals surface area contributed by atoms with Crippen LogP contribution in [0.3, 0.4) is 0 Å². The predicted molar refractivity (Wildman–Crippen MR) is 130 cm³/mol. The Balaban J connectivity index is 1.56. The van der Waals surface area contributed by atoms with Crippen molar-refractivity contribution in [2.24, 2.45) is 0 Å². The van der Waals surface area contributed by atoms with Gasteiger partial charge >= 0.3 is 0 Å². The van der Waals surface area contributed by atoms with Crippen LogP contribution in [0.5, 0.6) is 0 Å². The lowest BCUT2D eigenvalue weighted by Crippen LogP contribution is -2.19. The number of nitrogens with one attached hydrogen (secondary N) is 2. The van der Waals surface area contributed by atoms with Gasteiger partial charge in [-0.05, 0) is 30.3 Å². The van der Waals surface area contributed by atoms with Crippen LogP contribution >= 0.6 is 11.3 Å². The van der Waals surface area contributed by atoms with Crippen LogP contribution in [0.1, 0.15) is 10.4 Å². The van der Waals surface area contributed by atoms with Crippen LogP contribution in [-0.4, -0.2) is 34.4 Å². The number of para-hydroxylation sites is 2. The topological polar surface area (TPSA) is 187 Å². The summed E-state index contributed by atoms with van der Waals surface area (Å²) in [5, 5.41) is 32.9. The molecule has 1 heterocycles. The highest BCUT2D eigenvalue weighted by molar-refractivity contribution is 7.92. The molecule has 1 aromatic heterocycles. The van der Waals surface area contributed by atoms with Gasteiger partial charge < -0.3 is 0 Å². The summed E-state index contributed by atoms with van der Waals surface area (Å²) in [5.74, 6) is -0.706.